The van der Waals surface area contributed by atoms with Gasteiger partial charge in [-0.05, 0) is 40.9 Å². The van der Waals surface area contributed by atoms with Gasteiger partial charge in [0, 0.05) is 44.9 Å². The second-order valence-corrected chi connectivity index (χ2v) is 13.8. The average Bonchev–Trinajstić information content (AvgIpc) is 3.47. The van der Waals surface area contributed by atoms with Crippen LogP contribution in [0.15, 0.2) is 20.1 Å². The number of hydrogen-bond donors (Lipinski definition) is 1. The molecule has 4 rings (SSSR count). The Kier molecular flexibility index (Phi) is 8.15. The third-order valence-corrected chi connectivity index (χ3v) is 10.9. The van der Waals surface area contributed by atoms with Crippen molar-refractivity contribution in [2.45, 2.75) is 55.1 Å². The molecule has 2 fully saturated rings. The van der Waals surface area contributed by atoms with E-state index < -0.39 is 10.0 Å². The van der Waals surface area contributed by atoms with Gasteiger partial charge in [0.1, 0.15) is 9.22 Å². The summed E-state index contributed by atoms with van der Waals surface area (Å²) in [6, 6.07) is 3.29. The van der Waals surface area contributed by atoms with Gasteiger partial charge >= 0.3 is 0 Å². The second kappa shape index (κ2) is 10.9. The lowest BCUT2D eigenvalue weighted by Crippen LogP contribution is -2.50. The summed E-state index contributed by atoms with van der Waals surface area (Å²) in [7, 11) is -3.55. The number of carbonyl (C=O) groups excluding carboxylic acids is 2. The molecule has 2 aliphatic rings. The van der Waals surface area contributed by atoms with Gasteiger partial charge < -0.3 is 10.2 Å². The van der Waals surface area contributed by atoms with Gasteiger partial charge in [-0.15, -0.1) is 21.5 Å². The summed E-state index contributed by atoms with van der Waals surface area (Å²) in [5, 5.41) is 12.5. The summed E-state index contributed by atoms with van der Waals surface area (Å²) < 4.78 is 27.9. The highest BCUT2D eigenvalue weighted by Gasteiger charge is 2.31. The van der Waals surface area contributed by atoms with E-state index >= 15 is 0 Å². The Bertz CT molecular complexity index is 1090. The first-order valence-corrected chi connectivity index (χ1v) is 14.9. The first-order chi connectivity index (χ1) is 15.8. The van der Waals surface area contributed by atoms with E-state index in [2.05, 4.69) is 31.4 Å². The number of nitrogens with zero attached hydrogens (tertiary/aromatic N) is 4. The minimum atomic E-state index is -3.55. The third-order valence-electron chi connectivity index (χ3n) is 5.94. The van der Waals surface area contributed by atoms with Gasteiger partial charge in [0.15, 0.2) is 0 Å². The number of sulfonamides is 1. The maximum atomic E-state index is 12.7. The number of thiophene rings is 1. The number of rotatable bonds is 7. The molecule has 1 saturated heterocycles. The molecule has 180 valence electrons. The lowest BCUT2D eigenvalue weighted by molar-refractivity contribution is -0.133. The smallest absolute Gasteiger partial charge is 0.252 e. The van der Waals surface area contributed by atoms with Crippen molar-refractivity contribution in [2.75, 3.05) is 31.5 Å². The van der Waals surface area contributed by atoms with Crippen molar-refractivity contribution < 1.29 is 18.0 Å². The number of hydrogen-bond acceptors (Lipinski definition) is 8. The molecule has 0 bridgehead atoms. The Balaban J connectivity index is 1.21. The summed E-state index contributed by atoms with van der Waals surface area (Å²) in [5.74, 6) is 0.0210. The van der Waals surface area contributed by atoms with E-state index in [1.54, 1.807) is 17.0 Å². The maximum Gasteiger partial charge on any atom is 0.252 e. The highest BCUT2D eigenvalue weighted by atomic mass is 79.9. The second-order valence-electron chi connectivity index (χ2n) is 8.17. The number of anilines is 1. The van der Waals surface area contributed by atoms with Crippen molar-refractivity contribution in [1.29, 1.82) is 0 Å². The number of piperazine rings is 1. The van der Waals surface area contributed by atoms with Gasteiger partial charge in [-0.1, -0.05) is 30.6 Å². The molecule has 2 aromatic rings. The van der Waals surface area contributed by atoms with Gasteiger partial charge in [-0.2, -0.15) is 4.31 Å². The molecule has 0 aromatic carbocycles. The largest absolute Gasteiger partial charge is 0.340 e. The van der Waals surface area contributed by atoms with E-state index in [0.29, 0.717) is 24.1 Å². The fourth-order valence-corrected chi connectivity index (χ4v) is 8.62. The van der Waals surface area contributed by atoms with E-state index in [-0.39, 0.29) is 42.0 Å². The molecule has 33 heavy (non-hydrogen) atoms. The van der Waals surface area contributed by atoms with Crippen LogP contribution in [0.4, 0.5) is 5.13 Å². The van der Waals surface area contributed by atoms with Crippen molar-refractivity contribution >= 4 is 65.6 Å². The zero-order valence-corrected chi connectivity index (χ0v) is 22.1. The van der Waals surface area contributed by atoms with Crippen LogP contribution < -0.4 is 5.32 Å². The molecule has 2 aromatic heterocycles. The molecule has 3 heterocycles. The van der Waals surface area contributed by atoms with Crippen LogP contribution in [0.3, 0.4) is 0 Å². The standard InChI is InChI=1S/C20H26BrN5O4S3/c21-15-6-9-18(31-15)33(29,30)26-12-10-25(11-13-26)17(28)8-7-16(27)22-20-24-23-19(32-20)14-4-2-1-3-5-14/h6,9,14H,1-5,7-8,10-13H2,(H,22,24,27). The molecule has 0 unspecified atom stereocenters. The lowest BCUT2D eigenvalue weighted by Gasteiger charge is -2.33. The van der Waals surface area contributed by atoms with Crippen molar-refractivity contribution in [1.82, 2.24) is 19.4 Å². The topological polar surface area (TPSA) is 113 Å². The summed E-state index contributed by atoms with van der Waals surface area (Å²) in [6.07, 6.45) is 6.06. The van der Waals surface area contributed by atoms with Crippen LogP contribution in [0.25, 0.3) is 0 Å². The first kappa shape index (κ1) is 24.7. The maximum absolute atomic E-state index is 12.7. The van der Waals surface area contributed by atoms with Gasteiger partial charge in [0.25, 0.3) is 10.0 Å². The molecule has 1 saturated carbocycles. The summed E-state index contributed by atoms with van der Waals surface area (Å²) in [6.45, 7) is 1.11. The molecule has 0 atom stereocenters. The lowest BCUT2D eigenvalue weighted by atomic mass is 9.90. The Morgan fingerprint density at radius 1 is 1.03 bits per heavy atom. The minimum absolute atomic E-state index is 0.0545. The Morgan fingerprint density at radius 3 is 2.42 bits per heavy atom. The molecular weight excluding hydrogens is 550 g/mol. The third kappa shape index (κ3) is 6.18. The molecule has 13 heteroatoms. The number of amides is 2. The highest BCUT2D eigenvalue weighted by molar-refractivity contribution is 9.11. The van der Waals surface area contributed by atoms with Gasteiger partial charge in [0.2, 0.25) is 16.9 Å². The number of aromatic nitrogens is 2. The van der Waals surface area contributed by atoms with Crippen LogP contribution in [0, 0.1) is 0 Å². The zero-order chi connectivity index (χ0) is 23.4. The fourth-order valence-electron chi connectivity index (χ4n) is 4.10. The van der Waals surface area contributed by atoms with Gasteiger partial charge in [-0.25, -0.2) is 8.42 Å². The zero-order valence-electron chi connectivity index (χ0n) is 18.0. The van der Waals surface area contributed by atoms with E-state index in [4.69, 9.17) is 0 Å². The van der Waals surface area contributed by atoms with Gasteiger partial charge in [-0.3, -0.25) is 9.59 Å². The van der Waals surface area contributed by atoms with Crippen LogP contribution in [0.2, 0.25) is 0 Å². The van der Waals surface area contributed by atoms with Crippen molar-refractivity contribution in [3.05, 3.63) is 20.9 Å². The van der Waals surface area contributed by atoms with E-state index in [9.17, 15) is 18.0 Å². The molecule has 0 radical (unpaired) electrons. The summed E-state index contributed by atoms with van der Waals surface area (Å²) in [5.41, 5.74) is 0. The fraction of sp³-hybridized carbons (Fsp3) is 0.600. The molecule has 1 N–H and O–H groups in total. The minimum Gasteiger partial charge on any atom is -0.340 e. The predicted octanol–water partition coefficient (Wildman–Crippen LogP) is 3.66. The molecule has 2 amide bonds. The Labute approximate surface area is 209 Å². The molecular formula is C20H26BrN5O4S3. The summed E-state index contributed by atoms with van der Waals surface area (Å²) in [4.78, 5) is 26.5. The predicted molar refractivity (Wildman–Crippen MR) is 131 cm³/mol. The monoisotopic (exact) mass is 575 g/mol. The van der Waals surface area contributed by atoms with E-state index in [1.165, 1.54) is 46.2 Å². The molecule has 1 aliphatic heterocycles. The average molecular weight is 577 g/mol. The summed E-state index contributed by atoms with van der Waals surface area (Å²) >= 11 is 5.88. The van der Waals surface area contributed by atoms with E-state index in [0.717, 1.165) is 21.6 Å². The molecule has 1 aliphatic carbocycles. The van der Waals surface area contributed by atoms with E-state index in [1.807, 2.05) is 0 Å². The first-order valence-electron chi connectivity index (χ1n) is 11.0. The SMILES string of the molecule is O=C(CCC(=O)N1CCN(S(=O)(=O)c2ccc(Br)s2)CC1)Nc1nnc(C2CCCCC2)s1. The van der Waals surface area contributed by atoms with Crippen LogP contribution >= 0.6 is 38.6 Å². The van der Waals surface area contributed by atoms with Crippen LogP contribution in [0.1, 0.15) is 55.9 Å². The van der Waals surface area contributed by atoms with Crippen molar-refractivity contribution in [3.8, 4) is 0 Å². The molecule has 9 nitrogen and oxygen atoms in total. The van der Waals surface area contributed by atoms with Crippen molar-refractivity contribution in [2.24, 2.45) is 0 Å². The van der Waals surface area contributed by atoms with Crippen LogP contribution in [-0.2, 0) is 19.6 Å². The number of carbonyl (C=O) groups is 2. The Morgan fingerprint density at radius 2 is 1.76 bits per heavy atom. The number of nitrogens with one attached hydrogen (secondary N) is 1. The van der Waals surface area contributed by atoms with Crippen molar-refractivity contribution in [3.63, 3.8) is 0 Å². The molecule has 0 spiro atoms. The quantitative estimate of drug-likeness (QED) is 0.539. The Hall–Kier alpha value is -1.41. The number of halogens is 1. The van der Waals surface area contributed by atoms with Crippen LogP contribution in [0.5, 0.6) is 0 Å². The normalized spacial score (nSPS) is 18.4. The highest BCUT2D eigenvalue weighted by Crippen LogP contribution is 2.35. The van der Waals surface area contributed by atoms with Gasteiger partial charge in [0.05, 0.1) is 3.79 Å². The van der Waals surface area contributed by atoms with Crippen LogP contribution in [-0.4, -0.2) is 65.8 Å².